The molecule has 1 aliphatic rings. The van der Waals surface area contributed by atoms with Crippen molar-refractivity contribution in [1.29, 1.82) is 0 Å². The highest BCUT2D eigenvalue weighted by Crippen LogP contribution is 2.29. The van der Waals surface area contributed by atoms with Gasteiger partial charge in [0.05, 0.1) is 6.61 Å². The summed E-state index contributed by atoms with van der Waals surface area (Å²) in [5.74, 6) is 0.194. The Hall–Kier alpha value is -2.24. The second-order valence-electron chi connectivity index (χ2n) is 6.74. The summed E-state index contributed by atoms with van der Waals surface area (Å²) < 4.78 is 10.7. The molecule has 1 saturated carbocycles. The molecule has 1 aromatic rings. The molecule has 126 valence electrons. The Labute approximate surface area is 135 Å². The number of hydrogen-bond acceptors (Lipinski definition) is 4. The molecule has 0 aromatic heterocycles. The molecule has 6 nitrogen and oxygen atoms in total. The SMILES string of the molecule is CC(C)(C)OC(=O)NC(C(=O)O)c1ccc(OCC2CC2)cc1. The summed E-state index contributed by atoms with van der Waals surface area (Å²) in [5, 5.41) is 11.7. The van der Waals surface area contributed by atoms with Crippen molar-refractivity contribution in [3.63, 3.8) is 0 Å². The Morgan fingerprint density at radius 2 is 1.87 bits per heavy atom. The number of ether oxygens (including phenoxy) is 2. The summed E-state index contributed by atoms with van der Waals surface area (Å²) in [6.07, 6.45) is 1.65. The lowest BCUT2D eigenvalue weighted by Crippen LogP contribution is -2.38. The number of benzene rings is 1. The van der Waals surface area contributed by atoms with Gasteiger partial charge in [-0.15, -0.1) is 0 Å². The summed E-state index contributed by atoms with van der Waals surface area (Å²) in [7, 11) is 0. The largest absolute Gasteiger partial charge is 0.493 e. The fraction of sp³-hybridized carbons (Fsp3) is 0.529. The predicted molar refractivity (Wildman–Crippen MR) is 84.4 cm³/mol. The Balaban J connectivity index is 1.98. The van der Waals surface area contributed by atoms with E-state index in [1.807, 2.05) is 0 Å². The lowest BCUT2D eigenvalue weighted by atomic mass is 10.1. The number of hydrogen-bond donors (Lipinski definition) is 2. The van der Waals surface area contributed by atoms with Crippen molar-refractivity contribution < 1.29 is 24.2 Å². The fourth-order valence-electron chi connectivity index (χ4n) is 1.97. The number of alkyl carbamates (subject to hydrolysis) is 1. The van der Waals surface area contributed by atoms with Gasteiger partial charge in [0, 0.05) is 0 Å². The van der Waals surface area contributed by atoms with Gasteiger partial charge in [0.15, 0.2) is 6.04 Å². The Bertz CT molecular complexity index is 557. The first-order valence-electron chi connectivity index (χ1n) is 7.70. The molecule has 0 heterocycles. The van der Waals surface area contributed by atoms with Crippen LogP contribution in [0, 0.1) is 5.92 Å². The molecule has 1 atom stereocenters. The van der Waals surface area contributed by atoms with Crippen LogP contribution >= 0.6 is 0 Å². The van der Waals surface area contributed by atoms with Gasteiger partial charge < -0.3 is 19.9 Å². The Kier molecular flexibility index (Phi) is 5.13. The lowest BCUT2D eigenvalue weighted by Gasteiger charge is -2.22. The number of carbonyl (C=O) groups is 2. The van der Waals surface area contributed by atoms with Crippen molar-refractivity contribution in [1.82, 2.24) is 5.32 Å². The molecule has 1 unspecified atom stereocenters. The molecule has 0 spiro atoms. The Morgan fingerprint density at radius 1 is 1.26 bits per heavy atom. The van der Waals surface area contributed by atoms with Crippen LogP contribution in [-0.4, -0.2) is 29.4 Å². The molecule has 2 N–H and O–H groups in total. The predicted octanol–water partition coefficient (Wildman–Crippen LogP) is 3.13. The summed E-state index contributed by atoms with van der Waals surface area (Å²) >= 11 is 0. The monoisotopic (exact) mass is 321 g/mol. The van der Waals surface area contributed by atoms with E-state index in [1.54, 1.807) is 45.0 Å². The third-order valence-electron chi connectivity index (χ3n) is 3.30. The second kappa shape index (κ2) is 6.89. The van der Waals surface area contributed by atoms with Crippen molar-refractivity contribution in [2.75, 3.05) is 6.61 Å². The number of carboxylic acid groups (broad SMARTS) is 1. The molecule has 1 amide bonds. The molecule has 23 heavy (non-hydrogen) atoms. The highest BCUT2D eigenvalue weighted by Gasteiger charge is 2.26. The molecule has 1 fully saturated rings. The molecule has 0 aliphatic heterocycles. The molecular formula is C17H23NO5. The van der Waals surface area contributed by atoms with Crippen LogP contribution in [0.25, 0.3) is 0 Å². The molecular weight excluding hydrogens is 298 g/mol. The maximum Gasteiger partial charge on any atom is 0.408 e. The number of rotatable bonds is 6. The second-order valence-corrected chi connectivity index (χ2v) is 6.74. The van der Waals surface area contributed by atoms with E-state index in [1.165, 1.54) is 12.8 Å². The van der Waals surface area contributed by atoms with Gasteiger partial charge in [-0.2, -0.15) is 0 Å². The molecule has 0 bridgehead atoms. The summed E-state index contributed by atoms with van der Waals surface area (Å²) in [6, 6.07) is 5.54. The van der Waals surface area contributed by atoms with Crippen LogP contribution in [0.15, 0.2) is 24.3 Å². The van der Waals surface area contributed by atoms with Gasteiger partial charge in [-0.1, -0.05) is 12.1 Å². The molecule has 6 heteroatoms. The van der Waals surface area contributed by atoms with Crippen LogP contribution in [0.2, 0.25) is 0 Å². The van der Waals surface area contributed by atoms with Gasteiger partial charge >= 0.3 is 12.1 Å². The van der Waals surface area contributed by atoms with Crippen molar-refractivity contribution in [3.05, 3.63) is 29.8 Å². The average Bonchev–Trinajstić information content (AvgIpc) is 3.25. The van der Waals surface area contributed by atoms with E-state index in [0.717, 1.165) is 0 Å². The minimum absolute atomic E-state index is 0.460. The van der Waals surface area contributed by atoms with Crippen molar-refractivity contribution in [2.45, 2.75) is 45.3 Å². The highest BCUT2D eigenvalue weighted by atomic mass is 16.6. The number of aliphatic carboxylic acids is 1. The molecule has 0 radical (unpaired) electrons. The number of amides is 1. The van der Waals surface area contributed by atoms with E-state index in [2.05, 4.69) is 5.32 Å². The molecule has 2 rings (SSSR count). The van der Waals surface area contributed by atoms with Gasteiger partial charge in [-0.05, 0) is 57.2 Å². The van der Waals surface area contributed by atoms with Gasteiger partial charge in [0.25, 0.3) is 0 Å². The standard InChI is InChI=1S/C17H23NO5/c1-17(2,3)23-16(21)18-14(15(19)20)12-6-8-13(9-7-12)22-10-11-4-5-11/h6-9,11,14H,4-5,10H2,1-3H3,(H,18,21)(H,19,20). The van der Waals surface area contributed by atoms with E-state index >= 15 is 0 Å². The lowest BCUT2D eigenvalue weighted by molar-refractivity contribution is -0.139. The van der Waals surface area contributed by atoms with E-state index < -0.39 is 23.7 Å². The number of nitrogens with one attached hydrogen (secondary N) is 1. The van der Waals surface area contributed by atoms with Crippen LogP contribution in [0.5, 0.6) is 5.75 Å². The van der Waals surface area contributed by atoms with Crippen molar-refractivity contribution in [2.24, 2.45) is 5.92 Å². The van der Waals surface area contributed by atoms with Crippen LogP contribution in [0.1, 0.15) is 45.2 Å². The first-order chi connectivity index (χ1) is 10.7. The molecule has 1 aromatic carbocycles. The average molecular weight is 321 g/mol. The number of carbonyl (C=O) groups excluding carboxylic acids is 1. The highest BCUT2D eigenvalue weighted by molar-refractivity contribution is 5.81. The van der Waals surface area contributed by atoms with Gasteiger partial charge in [0.1, 0.15) is 11.4 Å². The van der Waals surface area contributed by atoms with Gasteiger partial charge in [-0.3, -0.25) is 0 Å². The zero-order chi connectivity index (χ0) is 17.0. The molecule has 1 aliphatic carbocycles. The van der Waals surface area contributed by atoms with Crippen LogP contribution in [0.3, 0.4) is 0 Å². The first-order valence-corrected chi connectivity index (χ1v) is 7.70. The third-order valence-corrected chi connectivity index (χ3v) is 3.30. The topological polar surface area (TPSA) is 84.9 Å². The smallest absolute Gasteiger partial charge is 0.408 e. The first kappa shape index (κ1) is 17.1. The number of carboxylic acids is 1. The molecule has 0 saturated heterocycles. The van der Waals surface area contributed by atoms with E-state index in [4.69, 9.17) is 9.47 Å². The van der Waals surface area contributed by atoms with Crippen LogP contribution in [0.4, 0.5) is 4.79 Å². The third kappa shape index (κ3) is 5.81. The van der Waals surface area contributed by atoms with E-state index in [9.17, 15) is 14.7 Å². The fourth-order valence-corrected chi connectivity index (χ4v) is 1.97. The minimum Gasteiger partial charge on any atom is -0.493 e. The zero-order valence-corrected chi connectivity index (χ0v) is 13.7. The maximum atomic E-state index is 11.8. The zero-order valence-electron chi connectivity index (χ0n) is 13.7. The normalized spacial score (nSPS) is 15.6. The minimum atomic E-state index is -1.16. The Morgan fingerprint density at radius 3 is 2.35 bits per heavy atom. The van der Waals surface area contributed by atoms with Gasteiger partial charge in [-0.25, -0.2) is 9.59 Å². The maximum absolute atomic E-state index is 11.8. The van der Waals surface area contributed by atoms with Crippen LogP contribution in [-0.2, 0) is 9.53 Å². The van der Waals surface area contributed by atoms with Crippen LogP contribution < -0.4 is 10.1 Å². The van der Waals surface area contributed by atoms with Crippen molar-refractivity contribution >= 4 is 12.1 Å². The summed E-state index contributed by atoms with van der Waals surface area (Å²) in [5.41, 5.74) is -0.227. The van der Waals surface area contributed by atoms with E-state index in [0.29, 0.717) is 23.8 Å². The summed E-state index contributed by atoms with van der Waals surface area (Å²) in [4.78, 5) is 23.2. The van der Waals surface area contributed by atoms with Gasteiger partial charge in [0.2, 0.25) is 0 Å². The quantitative estimate of drug-likeness (QED) is 0.841. The van der Waals surface area contributed by atoms with Crippen molar-refractivity contribution in [3.8, 4) is 5.75 Å². The summed E-state index contributed by atoms with van der Waals surface area (Å²) in [6.45, 7) is 5.84. The van der Waals surface area contributed by atoms with E-state index in [-0.39, 0.29) is 0 Å².